The lowest BCUT2D eigenvalue weighted by Gasteiger charge is -2.10. The fourth-order valence-corrected chi connectivity index (χ4v) is 2.85. The summed E-state index contributed by atoms with van der Waals surface area (Å²) in [6, 6.07) is 17.8. The Hall–Kier alpha value is -2.28. The van der Waals surface area contributed by atoms with Gasteiger partial charge >= 0.3 is 0 Å². The summed E-state index contributed by atoms with van der Waals surface area (Å²) in [7, 11) is 0. The van der Waals surface area contributed by atoms with E-state index in [4.69, 9.17) is 0 Å². The number of carbonyl (C=O) groups is 1. The summed E-state index contributed by atoms with van der Waals surface area (Å²) in [5, 5.41) is 2.89. The molecule has 0 atom stereocenters. The van der Waals surface area contributed by atoms with Crippen molar-refractivity contribution in [3.8, 4) is 11.3 Å². The number of nitrogens with zero attached hydrogens (tertiary/aromatic N) is 2. The van der Waals surface area contributed by atoms with Gasteiger partial charge in [0.2, 0.25) is 5.91 Å². The van der Waals surface area contributed by atoms with Crippen molar-refractivity contribution in [2.75, 3.05) is 5.32 Å². The predicted octanol–water partition coefficient (Wildman–Crippen LogP) is 4.49. The number of benzene rings is 2. The van der Waals surface area contributed by atoms with E-state index in [0.29, 0.717) is 18.7 Å². The summed E-state index contributed by atoms with van der Waals surface area (Å²) in [5.74, 6) is 0.454. The van der Waals surface area contributed by atoms with Crippen molar-refractivity contribution in [1.29, 1.82) is 0 Å². The van der Waals surface area contributed by atoms with Crippen molar-refractivity contribution < 1.29 is 4.79 Å². The normalized spacial score (nSPS) is 10.5. The maximum Gasteiger partial charge on any atom is 0.229 e. The third kappa shape index (κ3) is 4.63. The van der Waals surface area contributed by atoms with Crippen LogP contribution in [0.5, 0.6) is 0 Å². The number of hydrogen-bond donors (Lipinski definition) is 1. The maximum absolute atomic E-state index is 12.3. The monoisotopic (exact) mass is 443 g/mol. The van der Waals surface area contributed by atoms with E-state index >= 15 is 0 Å². The number of aromatic nitrogens is 2. The van der Waals surface area contributed by atoms with Crippen LogP contribution in [0.4, 0.5) is 5.82 Å². The largest absolute Gasteiger partial charge is 0.309 e. The van der Waals surface area contributed by atoms with Gasteiger partial charge in [-0.2, -0.15) is 0 Å². The van der Waals surface area contributed by atoms with Crippen LogP contribution < -0.4 is 5.32 Å². The fourth-order valence-electron chi connectivity index (χ4n) is 2.49. The van der Waals surface area contributed by atoms with E-state index in [1.54, 1.807) is 6.20 Å². The van der Waals surface area contributed by atoms with Crippen LogP contribution in [-0.4, -0.2) is 15.9 Å². The molecular formula is C20H18IN3O. The summed E-state index contributed by atoms with van der Waals surface area (Å²) in [6.07, 6.45) is 2.73. The van der Waals surface area contributed by atoms with E-state index in [-0.39, 0.29) is 5.91 Å². The second kappa shape index (κ2) is 8.20. The molecule has 0 radical (unpaired) electrons. The molecular weight excluding hydrogens is 425 g/mol. The molecule has 2 aromatic carbocycles. The standard InChI is InChI=1S/C20H18IN3O/c1-2-17-20(22-13-18(23-17)15-6-4-3-5-7-15)24-19(25)12-14-8-10-16(21)11-9-14/h3-11,13H,2,12H2,1H3,(H,22,24,25). The third-order valence-corrected chi connectivity index (χ3v) is 4.50. The second-order valence-corrected chi connectivity index (χ2v) is 6.87. The number of hydrogen-bond acceptors (Lipinski definition) is 3. The minimum absolute atomic E-state index is 0.0855. The van der Waals surface area contributed by atoms with Gasteiger partial charge in [0.1, 0.15) is 0 Å². The second-order valence-electron chi connectivity index (χ2n) is 5.62. The molecule has 0 aliphatic rings. The van der Waals surface area contributed by atoms with Gasteiger partial charge in [0, 0.05) is 9.13 Å². The number of carbonyl (C=O) groups excluding carboxylic acids is 1. The number of halogens is 1. The van der Waals surface area contributed by atoms with Gasteiger partial charge in [-0.05, 0) is 46.7 Å². The average molecular weight is 443 g/mol. The molecule has 0 saturated carbocycles. The first-order chi connectivity index (χ1) is 12.2. The molecule has 1 amide bonds. The molecule has 1 N–H and O–H groups in total. The topological polar surface area (TPSA) is 54.9 Å². The molecule has 0 fully saturated rings. The zero-order chi connectivity index (χ0) is 17.6. The number of anilines is 1. The molecule has 4 nitrogen and oxygen atoms in total. The van der Waals surface area contributed by atoms with Crippen LogP contribution in [0.2, 0.25) is 0 Å². The van der Waals surface area contributed by atoms with Crippen LogP contribution in [0.3, 0.4) is 0 Å². The van der Waals surface area contributed by atoms with E-state index in [1.165, 1.54) is 0 Å². The first-order valence-corrected chi connectivity index (χ1v) is 9.19. The van der Waals surface area contributed by atoms with Crippen LogP contribution in [0.1, 0.15) is 18.2 Å². The summed E-state index contributed by atoms with van der Waals surface area (Å²) >= 11 is 2.25. The molecule has 1 aromatic heterocycles. The van der Waals surface area contributed by atoms with Crippen LogP contribution in [-0.2, 0) is 17.6 Å². The van der Waals surface area contributed by atoms with Gasteiger partial charge in [-0.1, -0.05) is 49.4 Å². The lowest BCUT2D eigenvalue weighted by Crippen LogP contribution is -2.17. The lowest BCUT2D eigenvalue weighted by atomic mass is 10.1. The number of aryl methyl sites for hydroxylation is 1. The SMILES string of the molecule is CCc1nc(-c2ccccc2)cnc1NC(=O)Cc1ccc(I)cc1. The van der Waals surface area contributed by atoms with Gasteiger partial charge in [0.25, 0.3) is 0 Å². The zero-order valence-corrected chi connectivity index (χ0v) is 16.0. The molecule has 3 rings (SSSR count). The molecule has 0 saturated heterocycles. The van der Waals surface area contributed by atoms with Crippen LogP contribution >= 0.6 is 22.6 Å². The van der Waals surface area contributed by atoms with E-state index in [9.17, 15) is 4.79 Å². The Morgan fingerprint density at radius 2 is 1.80 bits per heavy atom. The zero-order valence-electron chi connectivity index (χ0n) is 13.9. The highest BCUT2D eigenvalue weighted by molar-refractivity contribution is 14.1. The molecule has 0 spiro atoms. The van der Waals surface area contributed by atoms with Crippen LogP contribution in [0, 0.1) is 3.57 Å². The van der Waals surface area contributed by atoms with E-state index < -0.39 is 0 Å². The maximum atomic E-state index is 12.3. The Morgan fingerprint density at radius 3 is 2.48 bits per heavy atom. The Bertz CT molecular complexity index is 864. The number of rotatable bonds is 5. The molecule has 0 unspecified atom stereocenters. The minimum Gasteiger partial charge on any atom is -0.309 e. The molecule has 3 aromatic rings. The Balaban J connectivity index is 1.75. The van der Waals surface area contributed by atoms with Gasteiger partial charge in [-0.15, -0.1) is 0 Å². The van der Waals surface area contributed by atoms with Gasteiger partial charge in [0.05, 0.1) is 24.0 Å². The van der Waals surface area contributed by atoms with E-state index in [2.05, 4.69) is 37.9 Å². The van der Waals surface area contributed by atoms with E-state index in [1.807, 2.05) is 61.5 Å². The van der Waals surface area contributed by atoms with Crippen LogP contribution in [0.25, 0.3) is 11.3 Å². The summed E-state index contributed by atoms with van der Waals surface area (Å²) < 4.78 is 1.15. The highest BCUT2D eigenvalue weighted by atomic mass is 127. The Kier molecular flexibility index (Phi) is 5.75. The van der Waals surface area contributed by atoms with Gasteiger partial charge in [-0.3, -0.25) is 4.79 Å². The van der Waals surface area contributed by atoms with Crippen molar-refractivity contribution in [2.45, 2.75) is 19.8 Å². The molecule has 0 aliphatic heterocycles. The summed E-state index contributed by atoms with van der Waals surface area (Å²) in [6.45, 7) is 2.01. The molecule has 5 heteroatoms. The molecule has 0 bridgehead atoms. The number of nitrogens with one attached hydrogen (secondary N) is 1. The van der Waals surface area contributed by atoms with Crippen molar-refractivity contribution in [3.05, 3.63) is 75.6 Å². The molecule has 1 heterocycles. The predicted molar refractivity (Wildman–Crippen MR) is 108 cm³/mol. The molecule has 25 heavy (non-hydrogen) atoms. The number of amides is 1. The van der Waals surface area contributed by atoms with Gasteiger partial charge < -0.3 is 5.32 Å². The Labute approximate surface area is 160 Å². The summed E-state index contributed by atoms with van der Waals surface area (Å²) in [5.41, 5.74) is 3.59. The molecule has 0 aliphatic carbocycles. The average Bonchev–Trinajstić information content (AvgIpc) is 2.64. The van der Waals surface area contributed by atoms with Crippen molar-refractivity contribution in [2.24, 2.45) is 0 Å². The van der Waals surface area contributed by atoms with Crippen molar-refractivity contribution in [3.63, 3.8) is 0 Å². The quantitative estimate of drug-likeness (QED) is 0.592. The first-order valence-electron chi connectivity index (χ1n) is 8.11. The third-order valence-electron chi connectivity index (χ3n) is 3.78. The minimum atomic E-state index is -0.0855. The Morgan fingerprint density at radius 1 is 1.08 bits per heavy atom. The van der Waals surface area contributed by atoms with Crippen molar-refractivity contribution >= 4 is 34.3 Å². The van der Waals surface area contributed by atoms with Gasteiger partial charge in [0.15, 0.2) is 5.82 Å². The summed E-state index contributed by atoms with van der Waals surface area (Å²) in [4.78, 5) is 21.4. The lowest BCUT2D eigenvalue weighted by molar-refractivity contribution is -0.115. The van der Waals surface area contributed by atoms with E-state index in [0.717, 1.165) is 26.1 Å². The fraction of sp³-hybridized carbons (Fsp3) is 0.150. The highest BCUT2D eigenvalue weighted by Gasteiger charge is 2.11. The first kappa shape index (κ1) is 17.5. The molecule has 126 valence electrons. The smallest absolute Gasteiger partial charge is 0.229 e. The highest BCUT2D eigenvalue weighted by Crippen LogP contribution is 2.20. The van der Waals surface area contributed by atoms with Crippen molar-refractivity contribution in [1.82, 2.24) is 9.97 Å². The van der Waals surface area contributed by atoms with Crippen LogP contribution in [0.15, 0.2) is 60.8 Å². The van der Waals surface area contributed by atoms with Gasteiger partial charge in [-0.25, -0.2) is 9.97 Å².